The van der Waals surface area contributed by atoms with Crippen LogP contribution in [0.15, 0.2) is 6.07 Å². The van der Waals surface area contributed by atoms with Gasteiger partial charge in [-0.25, -0.2) is 0 Å². The molecule has 88 valence electrons. The minimum atomic E-state index is -1.29. The van der Waals surface area contributed by atoms with Crippen LogP contribution in [0.3, 0.4) is 0 Å². The summed E-state index contributed by atoms with van der Waals surface area (Å²) in [6.45, 7) is 3.92. The molecule has 0 unspecified atom stereocenters. The molecule has 0 heterocycles. The second-order valence-corrected chi connectivity index (χ2v) is 4.48. The third-order valence-electron chi connectivity index (χ3n) is 2.27. The molecule has 1 aromatic rings. The Morgan fingerprint density at radius 1 is 1.50 bits per heavy atom. The van der Waals surface area contributed by atoms with Crippen LogP contribution in [0, 0.1) is 5.92 Å². The number of carbonyl (C=O) groups is 1. The van der Waals surface area contributed by atoms with E-state index in [0.717, 1.165) is 0 Å². The molecular formula is C11H14ClN2O2-. The first kappa shape index (κ1) is 12.6. The van der Waals surface area contributed by atoms with E-state index in [1.807, 2.05) is 13.8 Å². The monoisotopic (exact) mass is 241 g/mol. The quantitative estimate of drug-likeness (QED) is 0.774. The number of carboxylic acids is 1. The molecule has 0 fully saturated rings. The van der Waals surface area contributed by atoms with E-state index in [4.69, 9.17) is 23.1 Å². The molecule has 0 atom stereocenters. The van der Waals surface area contributed by atoms with Gasteiger partial charge in [0.1, 0.15) is 0 Å². The maximum atomic E-state index is 11.0. The van der Waals surface area contributed by atoms with Gasteiger partial charge in [0.25, 0.3) is 0 Å². The van der Waals surface area contributed by atoms with Crippen LogP contribution >= 0.6 is 11.6 Å². The van der Waals surface area contributed by atoms with Gasteiger partial charge in [-0.2, -0.15) is 0 Å². The van der Waals surface area contributed by atoms with Crippen LogP contribution in [-0.2, 0) is 6.42 Å². The molecule has 4 N–H and O–H groups in total. The fourth-order valence-electron chi connectivity index (χ4n) is 1.55. The van der Waals surface area contributed by atoms with Gasteiger partial charge >= 0.3 is 0 Å². The highest BCUT2D eigenvalue weighted by Gasteiger charge is 2.15. The molecule has 0 aliphatic carbocycles. The number of rotatable bonds is 3. The third kappa shape index (κ3) is 2.39. The lowest BCUT2D eigenvalue weighted by Crippen LogP contribution is -2.25. The Labute approximate surface area is 99.2 Å². The van der Waals surface area contributed by atoms with Crippen LogP contribution in [0.25, 0.3) is 0 Å². The lowest BCUT2D eigenvalue weighted by molar-refractivity contribution is -0.255. The Bertz CT molecular complexity index is 430. The maximum absolute atomic E-state index is 11.0. The van der Waals surface area contributed by atoms with Crippen LogP contribution in [0.4, 0.5) is 11.4 Å². The Morgan fingerprint density at radius 3 is 2.50 bits per heavy atom. The smallest absolute Gasteiger partial charge is 0.0867 e. The van der Waals surface area contributed by atoms with Crippen molar-refractivity contribution in [2.45, 2.75) is 20.3 Å². The van der Waals surface area contributed by atoms with E-state index < -0.39 is 5.97 Å². The van der Waals surface area contributed by atoms with E-state index in [1.54, 1.807) is 0 Å². The summed E-state index contributed by atoms with van der Waals surface area (Å²) in [5.41, 5.74) is 12.2. The summed E-state index contributed by atoms with van der Waals surface area (Å²) in [5, 5.41) is 11.2. The van der Waals surface area contributed by atoms with Crippen molar-refractivity contribution in [2.75, 3.05) is 11.5 Å². The van der Waals surface area contributed by atoms with Gasteiger partial charge in [0.2, 0.25) is 0 Å². The Balaban J connectivity index is 3.41. The Morgan fingerprint density at radius 2 is 2.06 bits per heavy atom. The van der Waals surface area contributed by atoms with Crippen molar-refractivity contribution in [3.63, 3.8) is 0 Å². The first-order chi connectivity index (χ1) is 7.34. The lowest BCUT2D eigenvalue weighted by Gasteiger charge is -2.17. The third-order valence-corrected chi connectivity index (χ3v) is 2.69. The number of nitrogen functional groups attached to an aromatic ring is 2. The van der Waals surface area contributed by atoms with Gasteiger partial charge in [0.05, 0.1) is 22.4 Å². The zero-order chi connectivity index (χ0) is 12.5. The van der Waals surface area contributed by atoms with Gasteiger partial charge in [0, 0.05) is 5.56 Å². The molecule has 0 spiro atoms. The first-order valence-corrected chi connectivity index (χ1v) is 5.30. The average Bonchev–Trinajstić information content (AvgIpc) is 2.17. The van der Waals surface area contributed by atoms with E-state index in [9.17, 15) is 9.90 Å². The van der Waals surface area contributed by atoms with E-state index in [0.29, 0.717) is 12.0 Å². The Kier molecular flexibility index (Phi) is 3.65. The number of hydrogen-bond acceptors (Lipinski definition) is 4. The first-order valence-electron chi connectivity index (χ1n) is 4.92. The summed E-state index contributed by atoms with van der Waals surface area (Å²) >= 11 is 5.88. The van der Waals surface area contributed by atoms with Gasteiger partial charge in [-0.15, -0.1) is 0 Å². The Hall–Kier alpha value is -1.42. The maximum Gasteiger partial charge on any atom is 0.0867 e. The molecule has 0 saturated carbocycles. The summed E-state index contributed by atoms with van der Waals surface area (Å²) in [6.07, 6.45) is 0.523. The largest absolute Gasteiger partial charge is 0.545 e. The minimum Gasteiger partial charge on any atom is -0.545 e. The highest BCUT2D eigenvalue weighted by Crippen LogP contribution is 2.33. The van der Waals surface area contributed by atoms with Crippen molar-refractivity contribution < 1.29 is 9.90 Å². The van der Waals surface area contributed by atoms with Gasteiger partial charge in [-0.3, -0.25) is 0 Å². The lowest BCUT2D eigenvalue weighted by atomic mass is 9.95. The minimum absolute atomic E-state index is 0.0214. The molecule has 1 aromatic carbocycles. The average molecular weight is 242 g/mol. The van der Waals surface area contributed by atoms with Gasteiger partial charge in [-0.05, 0) is 24.0 Å². The van der Waals surface area contributed by atoms with Crippen LogP contribution in [-0.4, -0.2) is 5.97 Å². The second-order valence-electron chi connectivity index (χ2n) is 4.10. The van der Waals surface area contributed by atoms with Crippen LogP contribution in [0.1, 0.15) is 29.8 Å². The van der Waals surface area contributed by atoms with E-state index in [2.05, 4.69) is 0 Å². The van der Waals surface area contributed by atoms with Crippen molar-refractivity contribution in [1.82, 2.24) is 0 Å². The molecule has 16 heavy (non-hydrogen) atoms. The number of nitrogens with two attached hydrogens (primary N) is 2. The summed E-state index contributed by atoms with van der Waals surface area (Å²) < 4.78 is 0. The number of carboxylic acid groups (broad SMARTS) is 1. The molecule has 0 aliphatic heterocycles. The molecule has 4 nitrogen and oxygen atoms in total. The zero-order valence-corrected chi connectivity index (χ0v) is 9.97. The number of carbonyl (C=O) groups excluding carboxylic acids is 1. The molecule has 0 aliphatic rings. The van der Waals surface area contributed by atoms with Gasteiger partial charge < -0.3 is 21.4 Å². The summed E-state index contributed by atoms with van der Waals surface area (Å²) in [4.78, 5) is 11.0. The van der Waals surface area contributed by atoms with Crippen LogP contribution < -0.4 is 16.6 Å². The fourth-order valence-corrected chi connectivity index (χ4v) is 1.72. The summed E-state index contributed by atoms with van der Waals surface area (Å²) in [5.74, 6) is -1.02. The predicted octanol–water partition coefficient (Wildman–Crippen LogP) is 1.07. The molecule has 5 heteroatoms. The van der Waals surface area contributed by atoms with E-state index in [-0.39, 0.29) is 27.9 Å². The molecular weight excluding hydrogens is 228 g/mol. The zero-order valence-electron chi connectivity index (χ0n) is 9.21. The molecule has 0 saturated heterocycles. The number of benzene rings is 1. The normalized spacial score (nSPS) is 10.8. The number of aromatic carboxylic acids is 1. The highest BCUT2D eigenvalue weighted by atomic mass is 35.5. The van der Waals surface area contributed by atoms with Crippen molar-refractivity contribution in [3.8, 4) is 0 Å². The fraction of sp³-hybridized carbons (Fsp3) is 0.364. The number of hydrogen-bond donors (Lipinski definition) is 2. The van der Waals surface area contributed by atoms with Gasteiger partial charge in [0.15, 0.2) is 0 Å². The topological polar surface area (TPSA) is 92.2 Å². The molecule has 0 aromatic heterocycles. The molecule has 1 rings (SSSR count). The van der Waals surface area contributed by atoms with E-state index in [1.165, 1.54) is 6.07 Å². The number of anilines is 2. The highest BCUT2D eigenvalue weighted by molar-refractivity contribution is 6.36. The standard InChI is InChI=1S/C11H15ClN2O2/c1-5(2)3-6-7(11(15)16)4-8(13)9(12)10(6)14/h4-5H,3,13-14H2,1-2H3,(H,15,16)/p-1. The molecule has 0 bridgehead atoms. The second kappa shape index (κ2) is 4.61. The summed E-state index contributed by atoms with van der Waals surface area (Å²) in [7, 11) is 0. The van der Waals surface area contributed by atoms with E-state index >= 15 is 0 Å². The van der Waals surface area contributed by atoms with Crippen molar-refractivity contribution in [1.29, 1.82) is 0 Å². The SMILES string of the molecule is CC(C)Cc1c(C(=O)[O-])cc(N)c(Cl)c1N. The summed E-state index contributed by atoms with van der Waals surface area (Å²) in [6, 6.07) is 1.30. The van der Waals surface area contributed by atoms with Crippen LogP contribution in [0.2, 0.25) is 5.02 Å². The van der Waals surface area contributed by atoms with Crippen molar-refractivity contribution >= 4 is 28.9 Å². The van der Waals surface area contributed by atoms with Crippen molar-refractivity contribution in [2.24, 2.45) is 5.92 Å². The number of halogens is 1. The molecule has 0 amide bonds. The molecule has 0 radical (unpaired) electrons. The predicted molar refractivity (Wildman–Crippen MR) is 63.1 cm³/mol. The van der Waals surface area contributed by atoms with Crippen molar-refractivity contribution in [3.05, 3.63) is 22.2 Å². The van der Waals surface area contributed by atoms with Crippen LogP contribution in [0.5, 0.6) is 0 Å². The van der Waals surface area contributed by atoms with Gasteiger partial charge in [-0.1, -0.05) is 25.4 Å².